The van der Waals surface area contributed by atoms with E-state index in [1.165, 1.54) is 34.1 Å². The molecule has 1 N–H and O–H groups in total. The Balaban J connectivity index is 1.76. The fraction of sp³-hybridized carbons (Fsp3) is 0.462. The number of rotatable bonds is 3. The smallest absolute Gasteiger partial charge is 0.133 e. The van der Waals surface area contributed by atoms with Crippen LogP contribution in [0.15, 0.2) is 16.8 Å². The summed E-state index contributed by atoms with van der Waals surface area (Å²) in [6.07, 6.45) is 2.43. The second-order valence-corrected chi connectivity index (χ2v) is 6.41. The molecular weight excluding hydrogens is 248 g/mol. The average Bonchev–Trinajstić information content (AvgIpc) is 3.00. The molecule has 1 saturated heterocycles. The minimum Gasteiger partial charge on any atom is -0.316 e. The van der Waals surface area contributed by atoms with Crippen LogP contribution in [-0.4, -0.2) is 18.1 Å². The molecule has 3 heterocycles. The molecule has 1 atom stereocenters. The predicted molar refractivity (Wildman–Crippen MR) is 74.8 cm³/mol. The van der Waals surface area contributed by atoms with Crippen LogP contribution in [0, 0.1) is 12.8 Å². The third-order valence-electron chi connectivity index (χ3n) is 3.27. The summed E-state index contributed by atoms with van der Waals surface area (Å²) in [5, 5.41) is 8.98. The average molecular weight is 264 g/mol. The van der Waals surface area contributed by atoms with Gasteiger partial charge in [-0.3, -0.25) is 0 Å². The van der Waals surface area contributed by atoms with Gasteiger partial charge in [0.1, 0.15) is 5.01 Å². The third-order valence-corrected chi connectivity index (χ3v) is 5.33. The minimum atomic E-state index is 0.786. The molecule has 3 rings (SSSR count). The first-order valence-corrected chi connectivity index (χ1v) is 7.78. The van der Waals surface area contributed by atoms with E-state index < -0.39 is 0 Å². The van der Waals surface area contributed by atoms with Crippen molar-refractivity contribution in [2.24, 2.45) is 5.92 Å². The summed E-state index contributed by atoms with van der Waals surface area (Å²) in [5.41, 5.74) is 2.62. The van der Waals surface area contributed by atoms with E-state index in [0.29, 0.717) is 0 Å². The molecule has 0 saturated carbocycles. The molecule has 1 aliphatic rings. The van der Waals surface area contributed by atoms with Crippen LogP contribution in [0.3, 0.4) is 0 Å². The van der Waals surface area contributed by atoms with E-state index in [-0.39, 0.29) is 0 Å². The summed E-state index contributed by atoms with van der Waals surface area (Å²) in [4.78, 5) is 6.12. The first kappa shape index (κ1) is 11.4. The zero-order valence-corrected chi connectivity index (χ0v) is 11.5. The molecule has 2 nitrogen and oxygen atoms in total. The quantitative estimate of drug-likeness (QED) is 0.920. The number of nitrogens with zero attached hydrogens (tertiary/aromatic N) is 1. The molecule has 0 spiro atoms. The maximum Gasteiger partial charge on any atom is 0.133 e. The Labute approximate surface area is 110 Å². The van der Waals surface area contributed by atoms with E-state index in [0.717, 1.165) is 18.9 Å². The Hall–Kier alpha value is -0.710. The zero-order chi connectivity index (χ0) is 11.7. The molecule has 1 fully saturated rings. The van der Waals surface area contributed by atoms with E-state index in [2.05, 4.69) is 29.1 Å². The molecular formula is C13H16N2S2. The van der Waals surface area contributed by atoms with Gasteiger partial charge >= 0.3 is 0 Å². The van der Waals surface area contributed by atoms with Gasteiger partial charge in [0.05, 0.1) is 10.6 Å². The van der Waals surface area contributed by atoms with Crippen molar-refractivity contribution < 1.29 is 0 Å². The second kappa shape index (κ2) is 4.88. The van der Waals surface area contributed by atoms with Crippen molar-refractivity contribution in [3.8, 4) is 9.88 Å². The standard InChI is InChI=1S/C13H16N2S2/c1-9-3-5-16-12(9)13-15-11(8-17-13)6-10-2-4-14-7-10/h3,5,8,10,14H,2,4,6-7H2,1H3. The van der Waals surface area contributed by atoms with Crippen molar-refractivity contribution in [3.63, 3.8) is 0 Å². The highest BCUT2D eigenvalue weighted by atomic mass is 32.1. The maximum absolute atomic E-state index is 4.78. The predicted octanol–water partition coefficient (Wildman–Crippen LogP) is 3.33. The molecule has 2 aromatic heterocycles. The molecule has 17 heavy (non-hydrogen) atoms. The van der Waals surface area contributed by atoms with Gasteiger partial charge in [-0.2, -0.15) is 0 Å². The molecule has 1 aliphatic heterocycles. The van der Waals surface area contributed by atoms with Crippen LogP contribution in [-0.2, 0) is 6.42 Å². The van der Waals surface area contributed by atoms with Gasteiger partial charge in [-0.25, -0.2) is 4.98 Å². The van der Waals surface area contributed by atoms with Crippen LogP contribution in [0.4, 0.5) is 0 Å². The summed E-state index contributed by atoms with van der Waals surface area (Å²) in [6, 6.07) is 2.17. The third kappa shape index (κ3) is 2.44. The van der Waals surface area contributed by atoms with Crippen molar-refractivity contribution in [1.82, 2.24) is 10.3 Å². The van der Waals surface area contributed by atoms with E-state index in [9.17, 15) is 0 Å². The molecule has 0 bridgehead atoms. The van der Waals surface area contributed by atoms with E-state index >= 15 is 0 Å². The highest BCUT2D eigenvalue weighted by Gasteiger charge is 2.17. The molecule has 0 aliphatic carbocycles. The number of aromatic nitrogens is 1. The fourth-order valence-corrected chi connectivity index (χ4v) is 4.21. The van der Waals surface area contributed by atoms with Gasteiger partial charge in [0, 0.05) is 5.38 Å². The largest absolute Gasteiger partial charge is 0.316 e. The van der Waals surface area contributed by atoms with E-state index in [1.807, 2.05) is 0 Å². The lowest BCUT2D eigenvalue weighted by atomic mass is 10.0. The molecule has 0 radical (unpaired) electrons. The first-order chi connectivity index (χ1) is 8.33. The van der Waals surface area contributed by atoms with E-state index in [1.54, 1.807) is 22.7 Å². The molecule has 2 aromatic rings. The summed E-state index contributed by atoms with van der Waals surface area (Å²) in [7, 11) is 0. The lowest BCUT2D eigenvalue weighted by Gasteiger charge is -2.04. The normalized spacial score (nSPS) is 19.9. The maximum atomic E-state index is 4.78. The lowest BCUT2D eigenvalue weighted by Crippen LogP contribution is -2.10. The van der Waals surface area contributed by atoms with Gasteiger partial charge in [0.15, 0.2) is 0 Å². The van der Waals surface area contributed by atoms with Crippen LogP contribution in [0.2, 0.25) is 0 Å². The highest BCUT2D eigenvalue weighted by Crippen LogP contribution is 2.32. The molecule has 4 heteroatoms. The summed E-state index contributed by atoms with van der Waals surface area (Å²) >= 11 is 3.58. The first-order valence-electron chi connectivity index (χ1n) is 6.02. The van der Waals surface area contributed by atoms with Crippen LogP contribution in [0.25, 0.3) is 9.88 Å². The van der Waals surface area contributed by atoms with Gasteiger partial charge in [-0.1, -0.05) is 0 Å². The van der Waals surface area contributed by atoms with Gasteiger partial charge in [-0.05, 0) is 55.8 Å². The Bertz CT molecular complexity index is 495. The molecule has 0 amide bonds. The van der Waals surface area contributed by atoms with Crippen molar-refractivity contribution in [1.29, 1.82) is 0 Å². The molecule has 1 unspecified atom stereocenters. The van der Waals surface area contributed by atoms with Gasteiger partial charge < -0.3 is 5.32 Å². The lowest BCUT2D eigenvalue weighted by molar-refractivity contribution is 0.574. The van der Waals surface area contributed by atoms with Crippen LogP contribution in [0.1, 0.15) is 17.7 Å². The summed E-state index contributed by atoms with van der Waals surface area (Å²) in [6.45, 7) is 4.49. The van der Waals surface area contributed by atoms with Gasteiger partial charge in [0.2, 0.25) is 0 Å². The fourth-order valence-electron chi connectivity index (χ4n) is 2.28. The number of aryl methyl sites for hydroxylation is 1. The second-order valence-electron chi connectivity index (χ2n) is 4.64. The summed E-state index contributed by atoms with van der Waals surface area (Å²) < 4.78 is 0. The molecule has 90 valence electrons. The highest BCUT2D eigenvalue weighted by molar-refractivity contribution is 7.20. The van der Waals surface area contributed by atoms with Crippen LogP contribution in [0.5, 0.6) is 0 Å². The number of hydrogen-bond acceptors (Lipinski definition) is 4. The topological polar surface area (TPSA) is 24.9 Å². The van der Waals surface area contributed by atoms with Crippen molar-refractivity contribution >= 4 is 22.7 Å². The zero-order valence-electron chi connectivity index (χ0n) is 9.90. The number of hydrogen-bond donors (Lipinski definition) is 1. The minimum absolute atomic E-state index is 0.786. The summed E-state index contributed by atoms with van der Waals surface area (Å²) in [5.74, 6) is 0.786. The van der Waals surface area contributed by atoms with Gasteiger partial charge in [0.25, 0.3) is 0 Å². The van der Waals surface area contributed by atoms with Crippen LogP contribution < -0.4 is 5.32 Å². The van der Waals surface area contributed by atoms with E-state index in [4.69, 9.17) is 4.98 Å². The monoisotopic (exact) mass is 264 g/mol. The Morgan fingerprint density at radius 1 is 1.47 bits per heavy atom. The Morgan fingerprint density at radius 3 is 3.12 bits per heavy atom. The number of nitrogens with one attached hydrogen (secondary N) is 1. The SMILES string of the molecule is Cc1ccsc1-c1nc(CC2CCNC2)cs1. The number of thiophene rings is 1. The number of thiazole rings is 1. The Kier molecular flexibility index (Phi) is 3.27. The van der Waals surface area contributed by atoms with Crippen molar-refractivity contribution in [2.45, 2.75) is 19.8 Å². The Morgan fingerprint density at radius 2 is 2.41 bits per heavy atom. The van der Waals surface area contributed by atoms with Crippen molar-refractivity contribution in [2.75, 3.05) is 13.1 Å². The van der Waals surface area contributed by atoms with Gasteiger partial charge in [-0.15, -0.1) is 22.7 Å². The van der Waals surface area contributed by atoms with Crippen LogP contribution >= 0.6 is 22.7 Å². The van der Waals surface area contributed by atoms with Crippen molar-refractivity contribution in [3.05, 3.63) is 28.1 Å². The molecule has 0 aromatic carbocycles.